The van der Waals surface area contributed by atoms with Crippen LogP contribution in [0.5, 0.6) is 0 Å². The minimum atomic E-state index is -0.182. The summed E-state index contributed by atoms with van der Waals surface area (Å²) in [5.74, 6) is 0. The Morgan fingerprint density at radius 1 is 1.04 bits per heavy atom. The molecule has 0 aliphatic rings. The van der Waals surface area contributed by atoms with E-state index in [4.69, 9.17) is 0 Å². The molecular weight excluding hydrogens is 380 g/mol. The molecule has 25 heavy (non-hydrogen) atoms. The van der Waals surface area contributed by atoms with Crippen molar-refractivity contribution in [2.75, 3.05) is 0 Å². The molecule has 0 radical (unpaired) electrons. The molecule has 2 aromatic heterocycles. The Balaban J connectivity index is 1.71. The minimum Gasteiger partial charge on any atom is -0.289 e. The second kappa shape index (κ2) is 6.64. The Bertz CT molecular complexity index is 1070. The Kier molecular flexibility index (Phi) is 4.19. The van der Waals surface area contributed by atoms with E-state index in [0.29, 0.717) is 17.8 Å². The average Bonchev–Trinajstić information content (AvgIpc) is 2.96. The van der Waals surface area contributed by atoms with Crippen molar-refractivity contribution >= 4 is 27.2 Å². The van der Waals surface area contributed by atoms with Crippen LogP contribution in [-0.4, -0.2) is 19.5 Å². The summed E-state index contributed by atoms with van der Waals surface area (Å²) in [6.45, 7) is 0.557. The van der Waals surface area contributed by atoms with Crippen LogP contribution in [0.2, 0.25) is 0 Å². The summed E-state index contributed by atoms with van der Waals surface area (Å²) < 4.78 is 2.66. The highest BCUT2D eigenvalue weighted by atomic mass is 79.9. The van der Waals surface area contributed by atoms with Gasteiger partial charge < -0.3 is 0 Å². The fraction of sp³-hybridized carbons (Fsp3) is 0.105. The Labute approximate surface area is 152 Å². The summed E-state index contributed by atoms with van der Waals surface area (Å²) in [5, 5.41) is 0. The van der Waals surface area contributed by atoms with Crippen molar-refractivity contribution in [3.05, 3.63) is 81.3 Å². The third-order valence-corrected chi connectivity index (χ3v) is 4.62. The number of aromatic amines is 1. The molecule has 6 heteroatoms. The highest BCUT2D eigenvalue weighted by molar-refractivity contribution is 9.10. The fourth-order valence-corrected chi connectivity index (χ4v) is 3.04. The zero-order valence-electron chi connectivity index (χ0n) is 13.3. The summed E-state index contributed by atoms with van der Waals surface area (Å²) in [4.78, 5) is 24.1. The largest absolute Gasteiger partial charge is 0.328 e. The zero-order chi connectivity index (χ0) is 17.2. The Morgan fingerprint density at radius 2 is 1.80 bits per heavy atom. The van der Waals surface area contributed by atoms with Crippen molar-refractivity contribution < 1.29 is 0 Å². The van der Waals surface area contributed by atoms with E-state index >= 15 is 0 Å². The lowest BCUT2D eigenvalue weighted by molar-refractivity contribution is 0.685. The molecule has 0 amide bonds. The van der Waals surface area contributed by atoms with E-state index in [2.05, 4.69) is 43.0 Å². The molecule has 0 unspecified atom stereocenters. The van der Waals surface area contributed by atoms with Crippen molar-refractivity contribution in [2.24, 2.45) is 0 Å². The van der Waals surface area contributed by atoms with E-state index < -0.39 is 0 Å². The van der Waals surface area contributed by atoms with Gasteiger partial charge in [0.05, 0.1) is 11.9 Å². The smallest absolute Gasteiger partial charge is 0.289 e. The van der Waals surface area contributed by atoms with Gasteiger partial charge in [-0.1, -0.05) is 58.4 Å². The molecule has 2 heterocycles. The summed E-state index contributed by atoms with van der Waals surface area (Å²) >= 11 is 3.43. The van der Waals surface area contributed by atoms with E-state index in [1.807, 2.05) is 42.5 Å². The van der Waals surface area contributed by atoms with Gasteiger partial charge in [-0.15, -0.1) is 0 Å². The molecular formula is C19H15BrN4O. The molecule has 0 fully saturated rings. The number of aryl methyl sites for hydroxylation is 2. The van der Waals surface area contributed by atoms with Crippen LogP contribution in [0.1, 0.15) is 5.56 Å². The van der Waals surface area contributed by atoms with E-state index in [9.17, 15) is 4.79 Å². The molecule has 0 atom stereocenters. The second-order valence-corrected chi connectivity index (χ2v) is 6.67. The first-order valence-electron chi connectivity index (χ1n) is 7.96. The first kappa shape index (κ1) is 15.8. The SMILES string of the molecule is O=c1[nH]c2ncc(-c3ccc(Br)cc3)nc2n1CCc1ccccc1. The van der Waals surface area contributed by atoms with Crippen LogP contribution in [0.15, 0.2) is 70.1 Å². The topological polar surface area (TPSA) is 63.6 Å². The number of aromatic nitrogens is 4. The number of imidazole rings is 1. The quantitative estimate of drug-likeness (QED) is 0.572. The number of benzene rings is 2. The summed E-state index contributed by atoms with van der Waals surface area (Å²) in [7, 11) is 0. The van der Waals surface area contributed by atoms with Gasteiger partial charge in [-0.05, 0) is 24.1 Å². The van der Waals surface area contributed by atoms with Crippen LogP contribution < -0.4 is 5.69 Å². The molecule has 0 aliphatic carbocycles. The van der Waals surface area contributed by atoms with E-state index in [1.165, 1.54) is 5.56 Å². The van der Waals surface area contributed by atoms with Crippen LogP contribution in [0.4, 0.5) is 0 Å². The first-order chi connectivity index (χ1) is 12.2. The summed E-state index contributed by atoms with van der Waals surface area (Å²) in [6.07, 6.45) is 2.45. The van der Waals surface area contributed by atoms with Crippen LogP contribution in [0, 0.1) is 0 Å². The number of rotatable bonds is 4. The molecule has 0 spiro atoms. The first-order valence-corrected chi connectivity index (χ1v) is 8.75. The van der Waals surface area contributed by atoms with Crippen molar-refractivity contribution in [1.82, 2.24) is 19.5 Å². The lowest BCUT2D eigenvalue weighted by Crippen LogP contribution is -2.18. The fourth-order valence-electron chi connectivity index (χ4n) is 2.77. The average molecular weight is 395 g/mol. The molecule has 0 bridgehead atoms. The number of halogens is 1. The van der Waals surface area contributed by atoms with Crippen molar-refractivity contribution in [3.8, 4) is 11.3 Å². The molecule has 124 valence electrons. The molecule has 1 N–H and O–H groups in total. The van der Waals surface area contributed by atoms with Gasteiger partial charge in [0, 0.05) is 16.6 Å². The van der Waals surface area contributed by atoms with Gasteiger partial charge in [-0.3, -0.25) is 9.55 Å². The molecule has 4 rings (SSSR count). The minimum absolute atomic E-state index is 0.182. The predicted molar refractivity (Wildman–Crippen MR) is 101 cm³/mol. The van der Waals surface area contributed by atoms with E-state index in [1.54, 1.807) is 10.8 Å². The highest BCUT2D eigenvalue weighted by Gasteiger charge is 2.11. The van der Waals surface area contributed by atoms with Gasteiger partial charge in [0.25, 0.3) is 0 Å². The Morgan fingerprint density at radius 3 is 2.56 bits per heavy atom. The number of hydrogen-bond donors (Lipinski definition) is 1. The van der Waals surface area contributed by atoms with Crippen LogP contribution in [0.25, 0.3) is 22.6 Å². The van der Waals surface area contributed by atoms with Gasteiger partial charge >= 0.3 is 5.69 Å². The monoisotopic (exact) mass is 394 g/mol. The summed E-state index contributed by atoms with van der Waals surface area (Å²) in [6, 6.07) is 18.0. The van der Waals surface area contributed by atoms with Crippen LogP contribution in [0.3, 0.4) is 0 Å². The Hall–Kier alpha value is -2.73. The van der Waals surface area contributed by atoms with Gasteiger partial charge in [0.1, 0.15) is 0 Å². The predicted octanol–water partition coefficient (Wildman–Crippen LogP) is 3.79. The molecule has 0 aliphatic heterocycles. The lowest BCUT2D eigenvalue weighted by Gasteiger charge is -2.05. The maximum atomic E-state index is 12.3. The number of nitrogens with one attached hydrogen (secondary N) is 1. The molecule has 4 aromatic rings. The van der Waals surface area contributed by atoms with E-state index in [0.717, 1.165) is 22.2 Å². The number of nitrogens with zero attached hydrogens (tertiary/aromatic N) is 3. The van der Waals surface area contributed by atoms with Gasteiger partial charge in [0.2, 0.25) is 0 Å². The van der Waals surface area contributed by atoms with Crippen LogP contribution in [-0.2, 0) is 13.0 Å². The second-order valence-electron chi connectivity index (χ2n) is 5.75. The molecule has 0 saturated heterocycles. The number of H-pyrrole nitrogens is 1. The van der Waals surface area contributed by atoms with Gasteiger partial charge in [0.15, 0.2) is 11.3 Å². The maximum absolute atomic E-state index is 12.3. The van der Waals surface area contributed by atoms with Gasteiger partial charge in [-0.25, -0.2) is 14.8 Å². The maximum Gasteiger partial charge on any atom is 0.328 e. The van der Waals surface area contributed by atoms with Gasteiger partial charge in [-0.2, -0.15) is 0 Å². The summed E-state index contributed by atoms with van der Waals surface area (Å²) in [5.41, 5.74) is 3.80. The standard InChI is InChI=1S/C19H15BrN4O/c20-15-8-6-14(7-9-15)16-12-21-17-18(22-16)24(19(25)23-17)11-10-13-4-2-1-3-5-13/h1-9,12H,10-11H2,(H,21,23,25). The number of fused-ring (bicyclic) bond motifs is 1. The molecule has 2 aromatic carbocycles. The lowest BCUT2D eigenvalue weighted by atomic mass is 10.1. The molecule has 0 saturated carbocycles. The third-order valence-electron chi connectivity index (χ3n) is 4.09. The number of hydrogen-bond acceptors (Lipinski definition) is 3. The van der Waals surface area contributed by atoms with Crippen molar-refractivity contribution in [3.63, 3.8) is 0 Å². The highest BCUT2D eigenvalue weighted by Crippen LogP contribution is 2.20. The normalized spacial score (nSPS) is 11.1. The van der Waals surface area contributed by atoms with Crippen LogP contribution >= 0.6 is 15.9 Å². The molecule has 5 nitrogen and oxygen atoms in total. The van der Waals surface area contributed by atoms with E-state index in [-0.39, 0.29) is 5.69 Å². The van der Waals surface area contributed by atoms with Crippen molar-refractivity contribution in [2.45, 2.75) is 13.0 Å². The third kappa shape index (κ3) is 3.25. The zero-order valence-corrected chi connectivity index (χ0v) is 14.9. The van der Waals surface area contributed by atoms with Crippen molar-refractivity contribution in [1.29, 1.82) is 0 Å².